The molecule has 0 aliphatic heterocycles. The molecule has 106 valence electrons. The monoisotopic (exact) mass is 285 g/mol. The normalized spacial score (nSPS) is 12.3. The van der Waals surface area contributed by atoms with Crippen molar-refractivity contribution in [2.75, 3.05) is 7.11 Å². The number of hydrogen-bond acceptors (Lipinski definition) is 3. The number of halogens is 1. The van der Waals surface area contributed by atoms with Crippen LogP contribution < -0.4 is 10.1 Å². The predicted octanol–water partition coefficient (Wildman–Crippen LogP) is 2.98. The van der Waals surface area contributed by atoms with Crippen LogP contribution in [0.3, 0.4) is 0 Å². The van der Waals surface area contributed by atoms with Gasteiger partial charge in [0.2, 0.25) is 5.91 Å². The molecular formula is C14H20FNO2S. The van der Waals surface area contributed by atoms with Gasteiger partial charge in [-0.3, -0.25) is 4.79 Å². The number of carbonyl (C=O) groups is 1. The van der Waals surface area contributed by atoms with Crippen molar-refractivity contribution in [3.63, 3.8) is 0 Å². The molecule has 19 heavy (non-hydrogen) atoms. The zero-order valence-electron chi connectivity index (χ0n) is 11.7. The van der Waals surface area contributed by atoms with Crippen molar-refractivity contribution < 1.29 is 13.9 Å². The molecule has 0 fully saturated rings. The number of thioether (sulfide) groups is 1. The summed E-state index contributed by atoms with van der Waals surface area (Å²) in [4.78, 5) is 11.8. The zero-order valence-corrected chi connectivity index (χ0v) is 12.5. The van der Waals surface area contributed by atoms with Crippen LogP contribution >= 0.6 is 11.8 Å². The van der Waals surface area contributed by atoms with Crippen LogP contribution in [0.2, 0.25) is 0 Å². The van der Waals surface area contributed by atoms with E-state index in [9.17, 15) is 9.18 Å². The highest BCUT2D eigenvalue weighted by Gasteiger charge is 2.15. The Labute approximate surface area is 117 Å². The number of carbonyl (C=O) groups excluding carboxylic acids is 1. The van der Waals surface area contributed by atoms with E-state index >= 15 is 0 Å². The van der Waals surface area contributed by atoms with E-state index in [-0.39, 0.29) is 23.0 Å². The summed E-state index contributed by atoms with van der Waals surface area (Å²) >= 11 is 1.46. The summed E-state index contributed by atoms with van der Waals surface area (Å²) in [7, 11) is 1.55. The molecule has 0 saturated carbocycles. The fourth-order valence-corrected chi connectivity index (χ4v) is 2.43. The van der Waals surface area contributed by atoms with E-state index in [1.54, 1.807) is 13.2 Å². The molecule has 0 saturated heterocycles. The largest absolute Gasteiger partial charge is 0.496 e. The van der Waals surface area contributed by atoms with Gasteiger partial charge in [0, 0.05) is 17.4 Å². The van der Waals surface area contributed by atoms with Crippen LogP contribution in [-0.2, 0) is 10.5 Å². The molecule has 1 N–H and O–H groups in total. The minimum Gasteiger partial charge on any atom is -0.496 e. The fourth-order valence-electron chi connectivity index (χ4n) is 1.55. The van der Waals surface area contributed by atoms with Crippen LogP contribution in [0.25, 0.3) is 0 Å². The highest BCUT2D eigenvalue weighted by atomic mass is 32.2. The molecule has 0 aliphatic rings. The SMILES string of the molecule is COc1ccc(F)cc1CS[C@H](C)C(=O)NC(C)C. The molecule has 1 aromatic carbocycles. The Morgan fingerprint density at radius 1 is 1.42 bits per heavy atom. The maximum atomic E-state index is 13.2. The molecule has 0 unspecified atom stereocenters. The lowest BCUT2D eigenvalue weighted by Gasteiger charge is -2.15. The summed E-state index contributed by atoms with van der Waals surface area (Å²) in [5.41, 5.74) is 0.761. The van der Waals surface area contributed by atoms with E-state index in [2.05, 4.69) is 5.32 Å². The van der Waals surface area contributed by atoms with E-state index in [0.717, 1.165) is 5.56 Å². The van der Waals surface area contributed by atoms with Gasteiger partial charge in [-0.25, -0.2) is 4.39 Å². The molecule has 0 aromatic heterocycles. The molecule has 0 heterocycles. The number of ether oxygens (including phenoxy) is 1. The third-order valence-corrected chi connectivity index (χ3v) is 3.72. The van der Waals surface area contributed by atoms with Crippen LogP contribution in [0.15, 0.2) is 18.2 Å². The van der Waals surface area contributed by atoms with Crippen LogP contribution in [0.4, 0.5) is 4.39 Å². The third-order valence-electron chi connectivity index (χ3n) is 2.53. The lowest BCUT2D eigenvalue weighted by atomic mass is 10.2. The maximum absolute atomic E-state index is 13.2. The quantitative estimate of drug-likeness (QED) is 0.873. The predicted molar refractivity (Wildman–Crippen MR) is 77.0 cm³/mol. The Morgan fingerprint density at radius 3 is 2.68 bits per heavy atom. The second-order valence-electron chi connectivity index (χ2n) is 4.57. The number of nitrogens with one attached hydrogen (secondary N) is 1. The van der Waals surface area contributed by atoms with E-state index in [4.69, 9.17) is 4.74 Å². The van der Waals surface area contributed by atoms with Crippen LogP contribution in [0.5, 0.6) is 5.75 Å². The second kappa shape index (κ2) is 7.38. The molecule has 1 rings (SSSR count). The van der Waals surface area contributed by atoms with E-state index in [0.29, 0.717) is 11.5 Å². The minimum atomic E-state index is -0.296. The fraction of sp³-hybridized carbons (Fsp3) is 0.500. The lowest BCUT2D eigenvalue weighted by molar-refractivity contribution is -0.120. The van der Waals surface area contributed by atoms with Crippen molar-refractivity contribution in [3.8, 4) is 5.75 Å². The summed E-state index contributed by atoms with van der Waals surface area (Å²) < 4.78 is 18.4. The average Bonchev–Trinajstić information content (AvgIpc) is 2.35. The highest BCUT2D eigenvalue weighted by molar-refractivity contribution is 7.99. The Hall–Kier alpha value is -1.23. The average molecular weight is 285 g/mol. The molecule has 0 bridgehead atoms. The molecule has 1 atom stereocenters. The van der Waals surface area contributed by atoms with Crippen molar-refractivity contribution in [3.05, 3.63) is 29.6 Å². The van der Waals surface area contributed by atoms with Crippen molar-refractivity contribution in [1.82, 2.24) is 5.32 Å². The van der Waals surface area contributed by atoms with Gasteiger partial charge in [0.25, 0.3) is 0 Å². The second-order valence-corrected chi connectivity index (χ2v) is 5.90. The van der Waals surface area contributed by atoms with Gasteiger partial charge < -0.3 is 10.1 Å². The van der Waals surface area contributed by atoms with Crippen molar-refractivity contribution in [2.45, 2.75) is 37.8 Å². The maximum Gasteiger partial charge on any atom is 0.233 e. The number of methoxy groups -OCH3 is 1. The summed E-state index contributed by atoms with van der Waals surface area (Å²) in [6, 6.07) is 4.53. The first kappa shape index (κ1) is 15.8. The minimum absolute atomic E-state index is 0.00429. The Balaban J connectivity index is 2.61. The molecule has 1 aromatic rings. The number of benzene rings is 1. The van der Waals surface area contributed by atoms with Gasteiger partial charge in [-0.2, -0.15) is 0 Å². The summed E-state index contributed by atoms with van der Waals surface area (Å²) in [5, 5.41) is 2.67. The van der Waals surface area contributed by atoms with Crippen molar-refractivity contribution in [1.29, 1.82) is 0 Å². The van der Waals surface area contributed by atoms with Gasteiger partial charge in [0.15, 0.2) is 0 Å². The summed E-state index contributed by atoms with van der Waals surface area (Å²) in [6.45, 7) is 5.68. The summed E-state index contributed by atoms with van der Waals surface area (Å²) in [5.74, 6) is 0.879. The zero-order chi connectivity index (χ0) is 14.4. The van der Waals surface area contributed by atoms with Crippen LogP contribution in [-0.4, -0.2) is 24.3 Å². The van der Waals surface area contributed by atoms with Gasteiger partial charge in [-0.05, 0) is 39.0 Å². The topological polar surface area (TPSA) is 38.3 Å². The highest BCUT2D eigenvalue weighted by Crippen LogP contribution is 2.26. The molecule has 0 aliphatic carbocycles. The molecule has 1 amide bonds. The van der Waals surface area contributed by atoms with Crippen LogP contribution in [0, 0.1) is 5.82 Å². The van der Waals surface area contributed by atoms with Gasteiger partial charge in [-0.1, -0.05) is 0 Å². The van der Waals surface area contributed by atoms with Gasteiger partial charge >= 0.3 is 0 Å². The molecule has 5 heteroatoms. The van der Waals surface area contributed by atoms with E-state index in [1.807, 2.05) is 20.8 Å². The van der Waals surface area contributed by atoms with Crippen LogP contribution in [0.1, 0.15) is 26.3 Å². The first-order valence-corrected chi connectivity index (χ1v) is 7.23. The lowest BCUT2D eigenvalue weighted by Crippen LogP contribution is -2.35. The number of hydrogen-bond donors (Lipinski definition) is 1. The van der Waals surface area contributed by atoms with E-state index < -0.39 is 0 Å². The smallest absolute Gasteiger partial charge is 0.233 e. The van der Waals surface area contributed by atoms with Gasteiger partial charge in [0.1, 0.15) is 11.6 Å². The standard InChI is InChI=1S/C14H20FNO2S/c1-9(2)16-14(17)10(3)19-8-11-7-12(15)5-6-13(11)18-4/h5-7,9-10H,8H2,1-4H3,(H,16,17)/t10-/m1/s1. The van der Waals surface area contributed by atoms with E-state index in [1.165, 1.54) is 23.9 Å². The first-order chi connectivity index (χ1) is 8.93. The van der Waals surface area contributed by atoms with Crippen molar-refractivity contribution in [2.24, 2.45) is 0 Å². The summed E-state index contributed by atoms with van der Waals surface area (Å²) in [6.07, 6.45) is 0. The Morgan fingerprint density at radius 2 is 2.11 bits per heavy atom. The molecule has 0 spiro atoms. The Kier molecular flexibility index (Phi) is 6.15. The van der Waals surface area contributed by atoms with Gasteiger partial charge in [-0.15, -0.1) is 11.8 Å². The third kappa shape index (κ3) is 5.11. The number of rotatable bonds is 6. The molecule has 0 radical (unpaired) electrons. The van der Waals surface area contributed by atoms with Gasteiger partial charge in [0.05, 0.1) is 12.4 Å². The first-order valence-electron chi connectivity index (χ1n) is 6.18. The molecular weight excluding hydrogens is 265 g/mol. The molecule has 3 nitrogen and oxygen atoms in total. The van der Waals surface area contributed by atoms with Crippen molar-refractivity contribution >= 4 is 17.7 Å². The number of amides is 1. The Bertz CT molecular complexity index is 437.